The Morgan fingerprint density at radius 1 is 1.38 bits per heavy atom. The minimum atomic E-state index is 0.339. The van der Waals surface area contributed by atoms with Crippen LogP contribution in [0.1, 0.15) is 18.4 Å². The van der Waals surface area contributed by atoms with E-state index in [-0.39, 0.29) is 0 Å². The molecule has 1 aromatic carbocycles. The van der Waals surface area contributed by atoms with Crippen molar-refractivity contribution in [2.24, 2.45) is 5.92 Å². The number of halogens is 1. The Balaban J connectivity index is 2.05. The van der Waals surface area contributed by atoms with E-state index < -0.39 is 0 Å². The Labute approximate surface area is 105 Å². The van der Waals surface area contributed by atoms with Crippen molar-refractivity contribution in [1.29, 1.82) is 0 Å². The predicted octanol–water partition coefficient (Wildman–Crippen LogP) is 2.97. The molecule has 0 atom stereocenters. The van der Waals surface area contributed by atoms with Crippen molar-refractivity contribution < 1.29 is 5.11 Å². The van der Waals surface area contributed by atoms with Gasteiger partial charge in [0.2, 0.25) is 0 Å². The van der Waals surface area contributed by atoms with E-state index in [2.05, 4.69) is 46.0 Å². The third-order valence-electron chi connectivity index (χ3n) is 3.39. The van der Waals surface area contributed by atoms with Crippen LogP contribution in [-0.2, 0) is 0 Å². The first-order valence-electron chi connectivity index (χ1n) is 5.82. The monoisotopic (exact) mass is 283 g/mol. The van der Waals surface area contributed by atoms with Gasteiger partial charge in [-0.2, -0.15) is 0 Å². The number of aliphatic hydroxyl groups is 1. The summed E-state index contributed by atoms with van der Waals surface area (Å²) in [6.45, 7) is 4.55. The maximum absolute atomic E-state index is 9.10. The van der Waals surface area contributed by atoms with Gasteiger partial charge in [0.25, 0.3) is 0 Å². The van der Waals surface area contributed by atoms with Gasteiger partial charge in [-0.1, -0.05) is 22.0 Å². The van der Waals surface area contributed by atoms with E-state index in [0.717, 1.165) is 25.9 Å². The molecule has 0 spiro atoms. The molecule has 1 N–H and O–H groups in total. The quantitative estimate of drug-likeness (QED) is 0.902. The molecule has 2 rings (SSSR count). The van der Waals surface area contributed by atoms with Crippen LogP contribution in [0.4, 0.5) is 5.69 Å². The third kappa shape index (κ3) is 2.58. The van der Waals surface area contributed by atoms with E-state index in [1.165, 1.54) is 15.7 Å². The van der Waals surface area contributed by atoms with Gasteiger partial charge in [0.1, 0.15) is 0 Å². The normalized spacial score (nSPS) is 17.8. The highest BCUT2D eigenvalue weighted by Gasteiger charge is 2.18. The van der Waals surface area contributed by atoms with Crippen LogP contribution < -0.4 is 4.90 Å². The van der Waals surface area contributed by atoms with Gasteiger partial charge in [0.05, 0.1) is 0 Å². The lowest BCUT2D eigenvalue weighted by molar-refractivity contribution is 0.203. The van der Waals surface area contributed by atoms with Crippen molar-refractivity contribution in [1.82, 2.24) is 0 Å². The molecule has 0 saturated carbocycles. The average molecular weight is 284 g/mol. The topological polar surface area (TPSA) is 23.5 Å². The number of aliphatic hydroxyl groups excluding tert-OH is 1. The second-order valence-corrected chi connectivity index (χ2v) is 5.40. The summed E-state index contributed by atoms with van der Waals surface area (Å²) in [5.41, 5.74) is 2.56. The van der Waals surface area contributed by atoms with Gasteiger partial charge in [-0.3, -0.25) is 0 Å². The SMILES string of the molecule is Cc1ccc(N2CCC(CO)CC2)cc1Br. The molecular formula is C13H18BrNO. The second kappa shape index (κ2) is 5.19. The van der Waals surface area contributed by atoms with Gasteiger partial charge in [-0.25, -0.2) is 0 Å². The number of aryl methyl sites for hydroxylation is 1. The minimum Gasteiger partial charge on any atom is -0.396 e. The maximum atomic E-state index is 9.10. The number of benzene rings is 1. The highest BCUT2D eigenvalue weighted by Crippen LogP contribution is 2.27. The van der Waals surface area contributed by atoms with Crippen LogP contribution in [0.2, 0.25) is 0 Å². The minimum absolute atomic E-state index is 0.339. The third-order valence-corrected chi connectivity index (χ3v) is 4.25. The van der Waals surface area contributed by atoms with Gasteiger partial charge in [0, 0.05) is 29.9 Å². The van der Waals surface area contributed by atoms with Gasteiger partial charge < -0.3 is 10.0 Å². The Morgan fingerprint density at radius 2 is 2.06 bits per heavy atom. The Hall–Kier alpha value is -0.540. The largest absolute Gasteiger partial charge is 0.396 e. The van der Waals surface area contributed by atoms with Crippen molar-refractivity contribution in [3.05, 3.63) is 28.2 Å². The molecule has 3 heteroatoms. The number of hydrogen-bond donors (Lipinski definition) is 1. The van der Waals surface area contributed by atoms with Gasteiger partial charge in [0.15, 0.2) is 0 Å². The maximum Gasteiger partial charge on any atom is 0.0460 e. The van der Waals surface area contributed by atoms with E-state index in [1.807, 2.05) is 0 Å². The first-order valence-corrected chi connectivity index (χ1v) is 6.62. The van der Waals surface area contributed by atoms with Crippen molar-refractivity contribution in [3.63, 3.8) is 0 Å². The summed E-state index contributed by atoms with van der Waals surface area (Å²) >= 11 is 3.57. The zero-order valence-corrected chi connectivity index (χ0v) is 11.2. The summed E-state index contributed by atoms with van der Waals surface area (Å²) in [5.74, 6) is 0.505. The fraction of sp³-hybridized carbons (Fsp3) is 0.538. The fourth-order valence-corrected chi connectivity index (χ4v) is 2.52. The Bertz CT molecular complexity index is 359. The highest BCUT2D eigenvalue weighted by atomic mass is 79.9. The summed E-state index contributed by atoms with van der Waals surface area (Å²) in [6.07, 6.45) is 2.20. The van der Waals surface area contributed by atoms with Gasteiger partial charge in [-0.05, 0) is 43.4 Å². The van der Waals surface area contributed by atoms with Crippen LogP contribution in [0.5, 0.6) is 0 Å². The van der Waals surface area contributed by atoms with Crippen LogP contribution in [0.15, 0.2) is 22.7 Å². The summed E-state index contributed by atoms with van der Waals surface area (Å²) in [6, 6.07) is 6.52. The molecule has 0 amide bonds. The number of piperidine rings is 1. The van der Waals surface area contributed by atoms with Crippen molar-refractivity contribution in [2.45, 2.75) is 19.8 Å². The molecule has 1 aliphatic heterocycles. The molecule has 0 unspecified atom stereocenters. The summed E-state index contributed by atoms with van der Waals surface area (Å²) in [7, 11) is 0. The Morgan fingerprint density at radius 3 is 2.62 bits per heavy atom. The van der Waals surface area contributed by atoms with Crippen LogP contribution in [-0.4, -0.2) is 24.8 Å². The van der Waals surface area contributed by atoms with Crippen LogP contribution >= 0.6 is 15.9 Å². The van der Waals surface area contributed by atoms with Crippen molar-refractivity contribution in [2.75, 3.05) is 24.6 Å². The molecule has 16 heavy (non-hydrogen) atoms. The van der Waals surface area contributed by atoms with Crippen molar-refractivity contribution >= 4 is 21.6 Å². The first-order chi connectivity index (χ1) is 7.70. The zero-order chi connectivity index (χ0) is 11.5. The smallest absolute Gasteiger partial charge is 0.0460 e. The van der Waals surface area contributed by atoms with E-state index in [4.69, 9.17) is 5.11 Å². The molecule has 1 saturated heterocycles. The van der Waals surface area contributed by atoms with Gasteiger partial charge in [-0.15, -0.1) is 0 Å². The van der Waals surface area contributed by atoms with Crippen LogP contribution in [0.25, 0.3) is 0 Å². The van der Waals surface area contributed by atoms with E-state index in [9.17, 15) is 0 Å². The zero-order valence-electron chi connectivity index (χ0n) is 9.62. The molecule has 0 bridgehead atoms. The van der Waals surface area contributed by atoms with E-state index >= 15 is 0 Å². The molecule has 0 aliphatic carbocycles. The number of nitrogens with zero attached hydrogens (tertiary/aromatic N) is 1. The number of rotatable bonds is 2. The summed E-state index contributed by atoms with van der Waals surface area (Å²) in [5, 5.41) is 9.10. The van der Waals surface area contributed by atoms with E-state index in [0.29, 0.717) is 12.5 Å². The van der Waals surface area contributed by atoms with Gasteiger partial charge >= 0.3 is 0 Å². The standard InChI is InChI=1S/C13H18BrNO/c1-10-2-3-12(8-13(10)14)15-6-4-11(9-16)5-7-15/h2-3,8,11,16H,4-7,9H2,1H3. The molecule has 1 fully saturated rings. The number of hydrogen-bond acceptors (Lipinski definition) is 2. The lowest BCUT2D eigenvalue weighted by atomic mass is 9.97. The molecule has 2 nitrogen and oxygen atoms in total. The van der Waals surface area contributed by atoms with E-state index in [1.54, 1.807) is 0 Å². The Kier molecular flexibility index (Phi) is 3.87. The second-order valence-electron chi connectivity index (χ2n) is 4.55. The molecule has 88 valence electrons. The fourth-order valence-electron chi connectivity index (χ4n) is 2.15. The first kappa shape index (κ1) is 11.9. The molecule has 1 aromatic rings. The van der Waals surface area contributed by atoms with Crippen LogP contribution in [0, 0.1) is 12.8 Å². The predicted molar refractivity (Wildman–Crippen MR) is 70.9 cm³/mol. The summed E-state index contributed by atoms with van der Waals surface area (Å²) < 4.78 is 1.18. The lowest BCUT2D eigenvalue weighted by Crippen LogP contribution is -2.34. The van der Waals surface area contributed by atoms with Crippen LogP contribution in [0.3, 0.4) is 0 Å². The molecule has 1 heterocycles. The summed E-state index contributed by atoms with van der Waals surface area (Å²) in [4.78, 5) is 2.40. The molecule has 0 radical (unpaired) electrons. The molecule has 0 aromatic heterocycles. The average Bonchev–Trinajstić information content (AvgIpc) is 2.33. The lowest BCUT2D eigenvalue weighted by Gasteiger charge is -2.33. The highest BCUT2D eigenvalue weighted by molar-refractivity contribution is 9.10. The number of anilines is 1. The molecule has 1 aliphatic rings. The van der Waals surface area contributed by atoms with Crippen molar-refractivity contribution in [3.8, 4) is 0 Å². The molecular weight excluding hydrogens is 266 g/mol.